The van der Waals surface area contributed by atoms with Crippen molar-refractivity contribution in [3.05, 3.63) is 90.9 Å². The van der Waals surface area contributed by atoms with Gasteiger partial charge >= 0.3 is 10.1 Å². The van der Waals surface area contributed by atoms with Crippen LogP contribution in [0, 0.1) is 13.7 Å². The molecule has 0 aromatic heterocycles. The molecule has 0 aliphatic carbocycles. The van der Waals surface area contributed by atoms with Crippen molar-refractivity contribution in [2.45, 2.75) is 4.90 Å². The van der Waals surface area contributed by atoms with E-state index >= 15 is 0 Å². The molecule has 1 saturated heterocycles. The van der Waals surface area contributed by atoms with E-state index in [-0.39, 0.29) is 40.1 Å². The highest BCUT2D eigenvalue weighted by molar-refractivity contribution is 14.1. The van der Waals surface area contributed by atoms with Gasteiger partial charge in [-0.2, -0.15) is 8.42 Å². The molecular formula is C25H19IN2O9S2. The first-order chi connectivity index (χ1) is 18.6. The molecule has 4 rings (SSSR count). The highest BCUT2D eigenvalue weighted by Crippen LogP contribution is 2.38. The lowest BCUT2D eigenvalue weighted by atomic mass is 10.2. The van der Waals surface area contributed by atoms with Crippen molar-refractivity contribution in [3.63, 3.8) is 0 Å². The third kappa shape index (κ3) is 6.69. The summed E-state index contributed by atoms with van der Waals surface area (Å²) in [5.74, 6) is 0.116. The summed E-state index contributed by atoms with van der Waals surface area (Å²) >= 11 is 2.64. The molecule has 11 nitrogen and oxygen atoms in total. The Labute approximate surface area is 241 Å². The Kier molecular flexibility index (Phi) is 8.76. The molecule has 1 aliphatic rings. The summed E-state index contributed by atoms with van der Waals surface area (Å²) < 4.78 is 42.1. The van der Waals surface area contributed by atoms with Crippen LogP contribution in [0.4, 0.5) is 10.5 Å². The number of methoxy groups -OCH3 is 1. The van der Waals surface area contributed by atoms with E-state index < -0.39 is 26.2 Å². The fourth-order valence-corrected chi connectivity index (χ4v) is 6.12. The topological polar surface area (TPSA) is 142 Å². The average Bonchev–Trinajstić information content (AvgIpc) is 3.17. The number of carbonyl (C=O) groups excluding carboxylic acids is 2. The quantitative estimate of drug-likeness (QED) is 0.0933. The number of nitro groups is 1. The van der Waals surface area contributed by atoms with Gasteiger partial charge in [0.1, 0.15) is 17.3 Å². The summed E-state index contributed by atoms with van der Waals surface area (Å²) in [7, 11) is -3.02. The minimum absolute atomic E-state index is 0.0640. The van der Waals surface area contributed by atoms with E-state index in [1.807, 2.05) is 40.8 Å². The molecular weight excluding hydrogens is 663 g/mol. The van der Waals surface area contributed by atoms with Crippen molar-refractivity contribution in [3.8, 4) is 17.2 Å². The molecule has 1 fully saturated rings. The van der Waals surface area contributed by atoms with Crippen molar-refractivity contribution in [2.75, 3.05) is 20.3 Å². The molecule has 0 spiro atoms. The minimum atomic E-state index is -4.34. The van der Waals surface area contributed by atoms with Crippen molar-refractivity contribution in [1.82, 2.24) is 4.90 Å². The first kappa shape index (κ1) is 28.4. The maximum atomic E-state index is 12.9. The predicted molar refractivity (Wildman–Crippen MR) is 151 cm³/mol. The molecule has 0 unspecified atom stereocenters. The summed E-state index contributed by atoms with van der Waals surface area (Å²) in [5.41, 5.74) is 0.209. The van der Waals surface area contributed by atoms with Gasteiger partial charge in [0.25, 0.3) is 16.8 Å². The Hall–Kier alpha value is -3.63. The van der Waals surface area contributed by atoms with Crippen LogP contribution < -0.4 is 13.7 Å². The second-order valence-electron chi connectivity index (χ2n) is 7.82. The second kappa shape index (κ2) is 12.0. The minimum Gasteiger partial charge on any atom is -0.493 e. The number of amides is 2. The lowest BCUT2D eigenvalue weighted by molar-refractivity contribution is -0.384. The lowest BCUT2D eigenvalue weighted by Gasteiger charge is -2.14. The van der Waals surface area contributed by atoms with E-state index in [2.05, 4.69) is 0 Å². The number of nitrogens with zero attached hydrogens (tertiary/aromatic N) is 2. The molecule has 0 saturated carbocycles. The van der Waals surface area contributed by atoms with Gasteiger partial charge in [-0.1, -0.05) is 18.2 Å². The van der Waals surface area contributed by atoms with E-state index in [9.17, 15) is 28.1 Å². The summed E-state index contributed by atoms with van der Waals surface area (Å²) in [4.78, 5) is 36.5. The van der Waals surface area contributed by atoms with Crippen LogP contribution in [0.2, 0.25) is 0 Å². The summed E-state index contributed by atoms with van der Waals surface area (Å²) in [5, 5.41) is 10.4. The Morgan fingerprint density at radius 1 is 1.08 bits per heavy atom. The number of imide groups is 1. The van der Waals surface area contributed by atoms with E-state index in [1.54, 1.807) is 18.2 Å². The monoisotopic (exact) mass is 682 g/mol. The molecule has 0 bridgehead atoms. The number of ether oxygens (including phenoxy) is 2. The van der Waals surface area contributed by atoms with Crippen LogP contribution in [0.3, 0.4) is 0 Å². The molecule has 2 amide bonds. The highest BCUT2D eigenvalue weighted by Gasteiger charge is 2.35. The van der Waals surface area contributed by atoms with Crippen molar-refractivity contribution < 1.29 is 36.6 Å². The predicted octanol–water partition coefficient (Wildman–Crippen LogP) is 5.09. The fourth-order valence-electron chi connectivity index (χ4n) is 3.41. The third-order valence-corrected chi connectivity index (χ3v) is 8.22. The zero-order valence-corrected chi connectivity index (χ0v) is 23.9. The maximum Gasteiger partial charge on any atom is 0.339 e. The molecule has 0 atom stereocenters. The number of thioether (sulfide) groups is 1. The third-order valence-electron chi connectivity index (χ3n) is 5.28. The van der Waals surface area contributed by atoms with Gasteiger partial charge in [-0.25, -0.2) is 0 Å². The van der Waals surface area contributed by atoms with Gasteiger partial charge in [0.15, 0.2) is 11.5 Å². The lowest BCUT2D eigenvalue weighted by Crippen LogP contribution is -2.32. The van der Waals surface area contributed by atoms with Crippen LogP contribution in [0.1, 0.15) is 5.56 Å². The van der Waals surface area contributed by atoms with Gasteiger partial charge < -0.3 is 13.7 Å². The zero-order valence-electron chi connectivity index (χ0n) is 20.1. The molecule has 1 aliphatic heterocycles. The molecule has 1 heterocycles. The van der Waals surface area contributed by atoms with Crippen molar-refractivity contribution in [2.24, 2.45) is 0 Å². The molecule has 3 aromatic rings. The van der Waals surface area contributed by atoms with E-state index in [4.69, 9.17) is 13.7 Å². The highest BCUT2D eigenvalue weighted by atomic mass is 127. The SMILES string of the molecule is COc1cc(/C=C2\SC(=O)N(CCOc3ccccc3)C2=O)cc(I)c1OS(=O)(=O)c1ccc([N+](=O)[O-])cc1. The van der Waals surface area contributed by atoms with Gasteiger partial charge in [-0.3, -0.25) is 24.6 Å². The van der Waals surface area contributed by atoms with Gasteiger partial charge in [-0.15, -0.1) is 0 Å². The fraction of sp³-hybridized carbons (Fsp3) is 0.120. The molecule has 0 N–H and O–H groups in total. The Balaban J connectivity index is 1.51. The summed E-state index contributed by atoms with van der Waals surface area (Å²) in [6.45, 7) is 0.210. The number of benzene rings is 3. The average molecular weight is 682 g/mol. The maximum absolute atomic E-state index is 12.9. The van der Waals surface area contributed by atoms with E-state index in [0.717, 1.165) is 40.9 Å². The number of hydrogen-bond donors (Lipinski definition) is 0. The summed E-state index contributed by atoms with van der Waals surface area (Å²) in [6, 6.07) is 16.3. The van der Waals surface area contributed by atoms with Crippen LogP contribution in [-0.4, -0.2) is 49.6 Å². The van der Waals surface area contributed by atoms with Crippen molar-refractivity contribution >= 4 is 67.4 Å². The first-order valence-corrected chi connectivity index (χ1v) is 14.4. The van der Waals surface area contributed by atoms with Gasteiger partial charge in [0.2, 0.25) is 0 Å². The number of rotatable bonds is 10. The molecule has 3 aromatic carbocycles. The van der Waals surface area contributed by atoms with Crippen molar-refractivity contribution in [1.29, 1.82) is 0 Å². The smallest absolute Gasteiger partial charge is 0.339 e. The number of halogens is 1. The van der Waals surface area contributed by atoms with Gasteiger partial charge in [-0.05, 0) is 82.4 Å². The number of non-ortho nitro benzene ring substituents is 1. The first-order valence-electron chi connectivity index (χ1n) is 11.1. The Bertz CT molecular complexity index is 1560. The standard InChI is InChI=1S/C25H19IN2O9S2/c1-35-21-14-16(13-20(26)23(21)37-39(33,34)19-9-7-17(8-10-19)28(31)32)15-22-24(29)27(25(30)38-22)11-12-36-18-5-3-2-4-6-18/h2-10,13-15H,11-12H2,1H3/b22-15-. The van der Waals surface area contributed by atoms with Crippen LogP contribution in [0.25, 0.3) is 6.08 Å². The second-order valence-corrected chi connectivity index (χ2v) is 11.5. The molecule has 0 radical (unpaired) electrons. The Morgan fingerprint density at radius 2 is 1.77 bits per heavy atom. The largest absolute Gasteiger partial charge is 0.493 e. The Morgan fingerprint density at radius 3 is 2.41 bits per heavy atom. The van der Waals surface area contributed by atoms with E-state index in [1.165, 1.54) is 19.3 Å². The normalized spacial score (nSPS) is 14.5. The van der Waals surface area contributed by atoms with Gasteiger partial charge in [0, 0.05) is 12.1 Å². The number of hydrogen-bond acceptors (Lipinski definition) is 10. The number of nitro benzene ring substituents is 1. The summed E-state index contributed by atoms with van der Waals surface area (Å²) in [6.07, 6.45) is 1.50. The zero-order chi connectivity index (χ0) is 28.2. The number of carbonyl (C=O) groups is 2. The van der Waals surface area contributed by atoms with Crippen LogP contribution in [0.15, 0.2) is 76.5 Å². The molecule has 202 valence electrons. The van der Waals surface area contributed by atoms with Crippen LogP contribution >= 0.6 is 34.4 Å². The van der Waals surface area contributed by atoms with Crippen LogP contribution in [-0.2, 0) is 14.9 Å². The van der Waals surface area contributed by atoms with Gasteiger partial charge in [0.05, 0.1) is 27.1 Å². The molecule has 14 heteroatoms. The number of para-hydroxylation sites is 1. The van der Waals surface area contributed by atoms with E-state index in [0.29, 0.717) is 14.9 Å². The van der Waals surface area contributed by atoms with Crippen LogP contribution in [0.5, 0.6) is 17.2 Å². The molecule has 39 heavy (non-hydrogen) atoms.